The fraction of sp³-hybridized carbons (Fsp3) is 0.250. The molecule has 134 valence electrons. The van der Waals surface area contributed by atoms with Gasteiger partial charge in [-0.05, 0) is 49.2 Å². The first-order valence-corrected chi connectivity index (χ1v) is 10.7. The van der Waals surface area contributed by atoms with Crippen LogP contribution in [0, 0.1) is 12.7 Å². The number of nitrogens with zero attached hydrogens (tertiary/aromatic N) is 1. The number of benzene rings is 2. The summed E-state index contributed by atoms with van der Waals surface area (Å²) in [5, 5.41) is 0. The van der Waals surface area contributed by atoms with Crippen molar-refractivity contribution in [1.82, 2.24) is 0 Å². The van der Waals surface area contributed by atoms with Crippen molar-refractivity contribution in [2.45, 2.75) is 18.2 Å². The Morgan fingerprint density at radius 3 is 2.60 bits per heavy atom. The van der Waals surface area contributed by atoms with Crippen molar-refractivity contribution in [2.75, 3.05) is 21.3 Å². The fourth-order valence-electron chi connectivity index (χ4n) is 2.73. The van der Waals surface area contributed by atoms with Gasteiger partial charge in [0.2, 0.25) is 10.0 Å². The van der Waals surface area contributed by atoms with Gasteiger partial charge < -0.3 is 0 Å². The number of hydrogen-bond donors (Lipinski definition) is 1. The third-order valence-electron chi connectivity index (χ3n) is 3.93. The van der Waals surface area contributed by atoms with Gasteiger partial charge in [0.05, 0.1) is 22.0 Å². The minimum atomic E-state index is -3.99. The predicted molar refractivity (Wildman–Crippen MR) is 94.1 cm³/mol. The van der Waals surface area contributed by atoms with Crippen LogP contribution in [0.25, 0.3) is 0 Å². The lowest BCUT2D eigenvalue weighted by Crippen LogP contribution is -2.25. The molecule has 2 aromatic rings. The van der Waals surface area contributed by atoms with Gasteiger partial charge in [0.25, 0.3) is 10.0 Å². The zero-order chi connectivity index (χ0) is 18.2. The molecular formula is C16H17FN2O4S2. The van der Waals surface area contributed by atoms with Crippen molar-refractivity contribution in [2.24, 2.45) is 0 Å². The Morgan fingerprint density at radius 1 is 1.16 bits per heavy atom. The molecule has 0 aromatic heterocycles. The molecule has 1 N–H and O–H groups in total. The van der Waals surface area contributed by atoms with Crippen LogP contribution in [-0.2, 0) is 20.0 Å². The maximum atomic E-state index is 13.4. The molecule has 0 saturated carbocycles. The second-order valence-corrected chi connectivity index (χ2v) is 9.47. The van der Waals surface area contributed by atoms with Crippen LogP contribution in [0.3, 0.4) is 0 Å². The first-order valence-electron chi connectivity index (χ1n) is 7.58. The van der Waals surface area contributed by atoms with Crippen LogP contribution in [0.4, 0.5) is 15.8 Å². The molecule has 1 heterocycles. The molecule has 9 heteroatoms. The van der Waals surface area contributed by atoms with Crippen LogP contribution in [-0.4, -0.2) is 29.1 Å². The topological polar surface area (TPSA) is 83.6 Å². The highest BCUT2D eigenvalue weighted by Crippen LogP contribution is 2.28. The zero-order valence-electron chi connectivity index (χ0n) is 13.4. The summed E-state index contributed by atoms with van der Waals surface area (Å²) in [6.45, 7) is 1.93. The van der Waals surface area contributed by atoms with Gasteiger partial charge in [-0.2, -0.15) is 0 Å². The first kappa shape index (κ1) is 17.7. The number of aryl methyl sites for hydroxylation is 1. The molecule has 25 heavy (non-hydrogen) atoms. The summed E-state index contributed by atoms with van der Waals surface area (Å²) in [6, 6.07) is 9.66. The molecule has 0 spiro atoms. The smallest absolute Gasteiger partial charge is 0.262 e. The Hall–Kier alpha value is -2.13. The number of rotatable bonds is 4. The maximum absolute atomic E-state index is 13.4. The third kappa shape index (κ3) is 3.62. The van der Waals surface area contributed by atoms with E-state index in [9.17, 15) is 21.2 Å². The molecule has 0 amide bonds. The van der Waals surface area contributed by atoms with E-state index in [1.807, 2.05) is 0 Å². The minimum absolute atomic E-state index is 0.0748. The highest BCUT2D eigenvalue weighted by Gasteiger charge is 2.28. The number of nitrogens with one attached hydrogen (secondary N) is 1. The van der Waals surface area contributed by atoms with Crippen LogP contribution in [0.1, 0.15) is 12.0 Å². The number of anilines is 2. The van der Waals surface area contributed by atoms with E-state index in [1.54, 1.807) is 19.1 Å². The molecule has 1 aliphatic heterocycles. The molecule has 1 fully saturated rings. The number of hydrogen-bond acceptors (Lipinski definition) is 4. The summed E-state index contributed by atoms with van der Waals surface area (Å²) < 4.78 is 66.1. The van der Waals surface area contributed by atoms with Crippen molar-refractivity contribution in [3.63, 3.8) is 0 Å². The van der Waals surface area contributed by atoms with E-state index >= 15 is 0 Å². The van der Waals surface area contributed by atoms with Crippen LogP contribution < -0.4 is 9.03 Å². The van der Waals surface area contributed by atoms with Gasteiger partial charge >= 0.3 is 0 Å². The normalized spacial score (nSPS) is 16.8. The van der Waals surface area contributed by atoms with E-state index < -0.39 is 25.9 Å². The van der Waals surface area contributed by atoms with E-state index in [4.69, 9.17) is 0 Å². The van der Waals surface area contributed by atoms with E-state index in [1.165, 1.54) is 28.6 Å². The highest BCUT2D eigenvalue weighted by molar-refractivity contribution is 7.93. The summed E-state index contributed by atoms with van der Waals surface area (Å²) in [6.07, 6.45) is 0.529. The van der Waals surface area contributed by atoms with E-state index in [-0.39, 0.29) is 16.3 Å². The molecule has 0 radical (unpaired) electrons. The summed E-state index contributed by atoms with van der Waals surface area (Å²) in [4.78, 5) is -0.160. The Kier molecular flexibility index (Phi) is 4.46. The lowest BCUT2D eigenvalue weighted by molar-refractivity contribution is 0.594. The third-order valence-corrected chi connectivity index (χ3v) is 7.32. The van der Waals surface area contributed by atoms with Crippen molar-refractivity contribution in [1.29, 1.82) is 0 Å². The molecule has 2 aromatic carbocycles. The molecular weight excluding hydrogens is 367 g/mol. The Labute approximate surface area is 146 Å². The summed E-state index contributed by atoms with van der Waals surface area (Å²) in [5.41, 5.74) is 1.02. The monoisotopic (exact) mass is 384 g/mol. The van der Waals surface area contributed by atoms with Crippen LogP contribution in [0.15, 0.2) is 47.4 Å². The molecule has 0 unspecified atom stereocenters. The Bertz CT molecular complexity index is 1020. The molecule has 6 nitrogen and oxygen atoms in total. The van der Waals surface area contributed by atoms with Crippen molar-refractivity contribution in [3.05, 3.63) is 53.8 Å². The summed E-state index contributed by atoms with van der Waals surface area (Å²) >= 11 is 0. The highest BCUT2D eigenvalue weighted by atomic mass is 32.2. The molecule has 1 saturated heterocycles. The Morgan fingerprint density at radius 2 is 1.92 bits per heavy atom. The van der Waals surface area contributed by atoms with Gasteiger partial charge in [0, 0.05) is 6.54 Å². The van der Waals surface area contributed by atoms with Gasteiger partial charge in [-0.25, -0.2) is 21.2 Å². The molecule has 0 aliphatic carbocycles. The average molecular weight is 384 g/mol. The lowest BCUT2D eigenvalue weighted by Gasteiger charge is -2.18. The summed E-state index contributed by atoms with van der Waals surface area (Å²) in [5.74, 6) is -0.575. The zero-order valence-corrected chi connectivity index (χ0v) is 15.1. The van der Waals surface area contributed by atoms with Crippen molar-refractivity contribution < 1.29 is 21.2 Å². The number of sulfonamides is 2. The van der Waals surface area contributed by atoms with Crippen molar-refractivity contribution in [3.8, 4) is 0 Å². The van der Waals surface area contributed by atoms with Crippen molar-refractivity contribution >= 4 is 31.4 Å². The van der Waals surface area contributed by atoms with Gasteiger partial charge in [-0.3, -0.25) is 9.03 Å². The van der Waals surface area contributed by atoms with Crippen LogP contribution in [0.5, 0.6) is 0 Å². The molecule has 3 rings (SSSR count). The van der Waals surface area contributed by atoms with E-state index in [0.29, 0.717) is 24.2 Å². The fourth-order valence-corrected chi connectivity index (χ4v) is 5.59. The standard InChI is InChI=1S/C16H17FN2O4S2/c1-12-6-7-13(17)10-16(12)25(22,23)18-14-4-2-5-15(11-14)19-8-3-9-24(19,20)21/h2,4-7,10-11,18H,3,8-9H2,1H3. The lowest BCUT2D eigenvalue weighted by atomic mass is 10.2. The van der Waals surface area contributed by atoms with Gasteiger partial charge in [0.1, 0.15) is 5.82 Å². The van der Waals surface area contributed by atoms with Crippen LogP contribution >= 0.6 is 0 Å². The molecule has 0 atom stereocenters. The largest absolute Gasteiger partial charge is 0.280 e. The quantitative estimate of drug-likeness (QED) is 0.878. The van der Waals surface area contributed by atoms with Crippen LogP contribution in [0.2, 0.25) is 0 Å². The SMILES string of the molecule is Cc1ccc(F)cc1S(=O)(=O)Nc1cccc(N2CCCS2(=O)=O)c1. The van der Waals surface area contributed by atoms with Gasteiger partial charge in [-0.15, -0.1) is 0 Å². The number of halogens is 1. The van der Waals surface area contributed by atoms with Gasteiger partial charge in [-0.1, -0.05) is 12.1 Å². The Balaban J connectivity index is 1.93. The maximum Gasteiger partial charge on any atom is 0.262 e. The average Bonchev–Trinajstić information content (AvgIpc) is 2.89. The van der Waals surface area contributed by atoms with E-state index in [0.717, 1.165) is 6.07 Å². The second-order valence-electron chi connectivity index (χ2n) is 5.81. The minimum Gasteiger partial charge on any atom is -0.280 e. The summed E-state index contributed by atoms with van der Waals surface area (Å²) in [7, 11) is -7.35. The van der Waals surface area contributed by atoms with E-state index in [2.05, 4.69) is 4.72 Å². The molecule has 0 bridgehead atoms. The second kappa shape index (κ2) is 6.30. The van der Waals surface area contributed by atoms with Gasteiger partial charge in [0.15, 0.2) is 0 Å². The molecule has 1 aliphatic rings. The predicted octanol–water partition coefficient (Wildman–Crippen LogP) is 2.47. The first-order chi connectivity index (χ1) is 11.7.